The zero-order chi connectivity index (χ0) is 18.4. The molecule has 0 unspecified atom stereocenters. The summed E-state index contributed by atoms with van der Waals surface area (Å²) in [6.45, 7) is 3.80. The Morgan fingerprint density at radius 3 is 2.85 bits per heavy atom. The van der Waals surface area contributed by atoms with Gasteiger partial charge in [-0.05, 0) is 30.3 Å². The van der Waals surface area contributed by atoms with Gasteiger partial charge in [0.15, 0.2) is 6.61 Å². The monoisotopic (exact) mass is 353 g/mol. The number of aromatic nitrogens is 2. The second kappa shape index (κ2) is 8.06. The predicted molar refractivity (Wildman–Crippen MR) is 93.8 cm³/mol. The van der Waals surface area contributed by atoms with Crippen LogP contribution in [-0.2, 0) is 4.79 Å². The molecule has 7 heteroatoms. The number of hydrogen-bond donors (Lipinski definition) is 1. The number of nitrogens with one attached hydrogen (secondary N) is 1. The maximum atomic E-state index is 13.3. The Balaban J connectivity index is 1.72. The molecule has 0 aliphatic heterocycles. The lowest BCUT2D eigenvalue weighted by molar-refractivity contribution is -0.122. The molecule has 1 heterocycles. The summed E-state index contributed by atoms with van der Waals surface area (Å²) in [6, 6.07) is 12.9. The lowest BCUT2D eigenvalue weighted by Crippen LogP contribution is -2.28. The molecule has 1 N–H and O–H groups in total. The molecule has 0 aliphatic carbocycles. The highest BCUT2D eigenvalue weighted by Crippen LogP contribution is 2.25. The van der Waals surface area contributed by atoms with E-state index in [0.29, 0.717) is 29.2 Å². The molecule has 3 aromatic rings. The molecule has 0 saturated carbocycles. The Morgan fingerprint density at radius 2 is 2.04 bits per heavy atom. The highest BCUT2D eigenvalue weighted by atomic mass is 19.1. The Kier molecular flexibility index (Phi) is 5.38. The number of amides is 1. The molecule has 0 radical (unpaired) electrons. The first-order valence-corrected chi connectivity index (χ1v) is 7.86. The van der Waals surface area contributed by atoms with Gasteiger partial charge in [-0.2, -0.15) is 4.98 Å². The standard InChI is InChI=1S/C19H16FN3O3/c1-2-9-21-17(24)12-25-16-8-4-5-13(11-16)18-22-19(26-23-18)14-6-3-7-15(20)10-14/h2-8,10-11H,1,9,12H2,(H,21,24). The second-order valence-electron chi connectivity index (χ2n) is 5.34. The summed E-state index contributed by atoms with van der Waals surface area (Å²) in [4.78, 5) is 15.8. The van der Waals surface area contributed by atoms with Gasteiger partial charge in [0.25, 0.3) is 11.8 Å². The van der Waals surface area contributed by atoms with E-state index in [-0.39, 0.29) is 24.2 Å². The SMILES string of the molecule is C=CCNC(=O)COc1cccc(-c2noc(-c3cccc(F)c3)n2)c1. The van der Waals surface area contributed by atoms with Crippen molar-refractivity contribution in [3.05, 3.63) is 67.0 Å². The number of ether oxygens (including phenoxy) is 1. The molecule has 0 fully saturated rings. The third-order valence-electron chi connectivity index (χ3n) is 3.40. The minimum absolute atomic E-state index is 0.113. The molecule has 0 bridgehead atoms. The van der Waals surface area contributed by atoms with Crippen molar-refractivity contribution in [1.82, 2.24) is 15.5 Å². The van der Waals surface area contributed by atoms with Crippen molar-refractivity contribution >= 4 is 5.91 Å². The van der Waals surface area contributed by atoms with Gasteiger partial charge in [0.05, 0.1) is 0 Å². The molecule has 2 aromatic carbocycles. The van der Waals surface area contributed by atoms with Crippen LogP contribution in [-0.4, -0.2) is 29.2 Å². The van der Waals surface area contributed by atoms with Gasteiger partial charge in [-0.25, -0.2) is 4.39 Å². The zero-order valence-corrected chi connectivity index (χ0v) is 13.8. The first-order chi connectivity index (χ1) is 12.7. The van der Waals surface area contributed by atoms with Crippen LogP contribution < -0.4 is 10.1 Å². The Hall–Kier alpha value is -3.48. The molecule has 1 amide bonds. The topological polar surface area (TPSA) is 77.2 Å². The number of rotatable bonds is 7. The van der Waals surface area contributed by atoms with Gasteiger partial charge in [0.1, 0.15) is 11.6 Å². The second-order valence-corrected chi connectivity index (χ2v) is 5.34. The molecule has 3 rings (SSSR count). The summed E-state index contributed by atoms with van der Waals surface area (Å²) >= 11 is 0. The summed E-state index contributed by atoms with van der Waals surface area (Å²) < 4.78 is 24.0. The maximum Gasteiger partial charge on any atom is 0.258 e. The van der Waals surface area contributed by atoms with E-state index in [9.17, 15) is 9.18 Å². The maximum absolute atomic E-state index is 13.3. The average Bonchev–Trinajstić information content (AvgIpc) is 3.15. The van der Waals surface area contributed by atoms with E-state index in [1.54, 1.807) is 42.5 Å². The van der Waals surface area contributed by atoms with E-state index in [4.69, 9.17) is 9.26 Å². The quantitative estimate of drug-likeness (QED) is 0.660. The summed E-state index contributed by atoms with van der Waals surface area (Å²) in [5.74, 6) is 0.421. The van der Waals surface area contributed by atoms with Crippen LogP contribution in [0.2, 0.25) is 0 Å². The molecule has 6 nitrogen and oxygen atoms in total. The average molecular weight is 353 g/mol. The highest BCUT2D eigenvalue weighted by Gasteiger charge is 2.12. The van der Waals surface area contributed by atoms with Crippen LogP contribution in [0.1, 0.15) is 0 Å². The smallest absolute Gasteiger partial charge is 0.258 e. The van der Waals surface area contributed by atoms with Crippen LogP contribution in [0.15, 0.2) is 65.7 Å². The van der Waals surface area contributed by atoms with Crippen molar-refractivity contribution in [3.63, 3.8) is 0 Å². The third-order valence-corrected chi connectivity index (χ3v) is 3.40. The van der Waals surface area contributed by atoms with E-state index >= 15 is 0 Å². The van der Waals surface area contributed by atoms with Crippen LogP contribution >= 0.6 is 0 Å². The number of hydrogen-bond acceptors (Lipinski definition) is 5. The summed E-state index contributed by atoms with van der Waals surface area (Å²) in [6.07, 6.45) is 1.59. The molecule has 0 atom stereocenters. The lowest BCUT2D eigenvalue weighted by atomic mass is 10.2. The minimum Gasteiger partial charge on any atom is -0.484 e. The first kappa shape index (κ1) is 17.3. The molecular formula is C19H16FN3O3. The predicted octanol–water partition coefficient (Wildman–Crippen LogP) is 3.22. The van der Waals surface area contributed by atoms with E-state index in [1.165, 1.54) is 12.1 Å². The van der Waals surface area contributed by atoms with Gasteiger partial charge in [-0.1, -0.05) is 29.4 Å². The van der Waals surface area contributed by atoms with Crippen molar-refractivity contribution in [2.45, 2.75) is 0 Å². The Morgan fingerprint density at radius 1 is 1.23 bits per heavy atom. The van der Waals surface area contributed by atoms with Crippen molar-refractivity contribution in [2.24, 2.45) is 0 Å². The fourth-order valence-electron chi connectivity index (χ4n) is 2.19. The summed E-state index contributed by atoms with van der Waals surface area (Å²) in [7, 11) is 0. The Bertz CT molecular complexity index is 924. The number of nitrogens with zero attached hydrogens (tertiary/aromatic N) is 2. The van der Waals surface area contributed by atoms with E-state index in [2.05, 4.69) is 22.0 Å². The number of carbonyl (C=O) groups is 1. The van der Waals surface area contributed by atoms with Gasteiger partial charge >= 0.3 is 0 Å². The van der Waals surface area contributed by atoms with Gasteiger partial charge < -0.3 is 14.6 Å². The molecule has 0 spiro atoms. The minimum atomic E-state index is -0.382. The van der Waals surface area contributed by atoms with Gasteiger partial charge in [0, 0.05) is 17.7 Å². The first-order valence-electron chi connectivity index (χ1n) is 7.86. The molecule has 0 saturated heterocycles. The van der Waals surface area contributed by atoms with Gasteiger partial charge in [-0.3, -0.25) is 4.79 Å². The van der Waals surface area contributed by atoms with E-state index in [0.717, 1.165) is 0 Å². The molecular weight excluding hydrogens is 337 g/mol. The molecule has 132 valence electrons. The fourth-order valence-corrected chi connectivity index (χ4v) is 2.19. The highest BCUT2D eigenvalue weighted by molar-refractivity contribution is 5.77. The summed E-state index contributed by atoms with van der Waals surface area (Å²) in [5.41, 5.74) is 1.15. The van der Waals surface area contributed by atoms with Gasteiger partial charge in [0.2, 0.25) is 5.82 Å². The molecule has 26 heavy (non-hydrogen) atoms. The lowest BCUT2D eigenvalue weighted by Gasteiger charge is -2.06. The van der Waals surface area contributed by atoms with E-state index < -0.39 is 0 Å². The molecule has 0 aliphatic rings. The summed E-state index contributed by atoms with van der Waals surface area (Å²) in [5, 5.41) is 6.54. The van der Waals surface area contributed by atoms with Crippen molar-refractivity contribution in [2.75, 3.05) is 13.2 Å². The van der Waals surface area contributed by atoms with Crippen LogP contribution in [0.4, 0.5) is 4.39 Å². The normalized spacial score (nSPS) is 10.3. The van der Waals surface area contributed by atoms with Crippen LogP contribution in [0.25, 0.3) is 22.8 Å². The van der Waals surface area contributed by atoms with Crippen LogP contribution in [0, 0.1) is 5.82 Å². The van der Waals surface area contributed by atoms with Crippen molar-refractivity contribution in [3.8, 4) is 28.6 Å². The number of carbonyl (C=O) groups excluding carboxylic acids is 1. The van der Waals surface area contributed by atoms with Crippen LogP contribution in [0.5, 0.6) is 5.75 Å². The fraction of sp³-hybridized carbons (Fsp3) is 0.105. The number of benzene rings is 2. The van der Waals surface area contributed by atoms with E-state index in [1.807, 2.05) is 0 Å². The van der Waals surface area contributed by atoms with Crippen molar-refractivity contribution in [1.29, 1.82) is 0 Å². The van der Waals surface area contributed by atoms with Gasteiger partial charge in [-0.15, -0.1) is 6.58 Å². The largest absolute Gasteiger partial charge is 0.484 e. The van der Waals surface area contributed by atoms with Crippen LogP contribution in [0.3, 0.4) is 0 Å². The molecule has 1 aromatic heterocycles. The third kappa shape index (κ3) is 4.32. The zero-order valence-electron chi connectivity index (χ0n) is 13.8. The number of halogens is 1. The Labute approximate surface area is 149 Å². The van der Waals surface area contributed by atoms with Crippen molar-refractivity contribution < 1.29 is 18.4 Å².